The molecule has 0 aromatic heterocycles. The Morgan fingerprint density at radius 2 is 1.76 bits per heavy atom. The minimum atomic E-state index is -0.0561. The molecule has 0 unspecified atom stereocenters. The van der Waals surface area contributed by atoms with Gasteiger partial charge in [-0.3, -0.25) is 0 Å². The first-order valence-corrected chi connectivity index (χ1v) is 7.73. The molecule has 100 valence electrons. The van der Waals surface area contributed by atoms with Crippen molar-refractivity contribution in [2.24, 2.45) is 0 Å². The van der Waals surface area contributed by atoms with Crippen LogP contribution in [0.3, 0.4) is 0 Å². The Hall–Kier alpha value is 0.490. The van der Waals surface area contributed by atoms with Crippen LogP contribution in [0.15, 0.2) is 21.6 Å². The van der Waals surface area contributed by atoms with E-state index in [1.54, 1.807) is 11.8 Å². The van der Waals surface area contributed by atoms with Gasteiger partial charge in [-0.25, -0.2) is 0 Å². The Bertz CT molecular complexity index is 282. The van der Waals surface area contributed by atoms with Crippen molar-refractivity contribution in [2.45, 2.75) is 51.4 Å². The molecule has 0 heterocycles. The third kappa shape index (κ3) is 9.11. The summed E-state index contributed by atoms with van der Waals surface area (Å²) in [5.74, 6) is 0. The lowest BCUT2D eigenvalue weighted by molar-refractivity contribution is -0.0273. The zero-order valence-electron chi connectivity index (χ0n) is 11.5. The lowest BCUT2D eigenvalue weighted by Crippen LogP contribution is -2.32. The number of rotatable bonds is 8. The quantitative estimate of drug-likeness (QED) is 0.608. The van der Waals surface area contributed by atoms with E-state index in [0.29, 0.717) is 6.61 Å². The standard InChI is InChI=1S/C13H24OS3/c1-8-12(4,5)14-9-13(6,7)17-11(3)16-10(2)15/h15H,2-3,8-9H2,1,4-7H3. The van der Waals surface area contributed by atoms with E-state index in [2.05, 4.69) is 60.4 Å². The summed E-state index contributed by atoms with van der Waals surface area (Å²) in [6.07, 6.45) is 1.01. The molecule has 0 rings (SSSR count). The summed E-state index contributed by atoms with van der Waals surface area (Å²) in [5.41, 5.74) is -0.0561. The molecule has 4 heteroatoms. The molecule has 0 bridgehead atoms. The van der Waals surface area contributed by atoms with Crippen LogP contribution in [0.1, 0.15) is 41.0 Å². The van der Waals surface area contributed by atoms with Gasteiger partial charge in [0.05, 0.1) is 12.2 Å². The third-order valence-corrected chi connectivity index (χ3v) is 4.42. The summed E-state index contributed by atoms with van der Waals surface area (Å²) in [5, 5.41) is 0. The van der Waals surface area contributed by atoms with Gasteiger partial charge in [0.2, 0.25) is 0 Å². The van der Waals surface area contributed by atoms with E-state index in [1.807, 2.05) is 0 Å². The molecule has 0 aliphatic rings. The van der Waals surface area contributed by atoms with Crippen LogP contribution in [-0.4, -0.2) is 17.0 Å². The van der Waals surface area contributed by atoms with Gasteiger partial charge in [-0.1, -0.05) is 31.8 Å². The van der Waals surface area contributed by atoms with Gasteiger partial charge >= 0.3 is 0 Å². The predicted molar refractivity (Wildman–Crippen MR) is 86.8 cm³/mol. The Balaban J connectivity index is 4.20. The normalized spacial score (nSPS) is 12.6. The van der Waals surface area contributed by atoms with Crippen LogP contribution in [0.2, 0.25) is 0 Å². The molecular weight excluding hydrogens is 268 g/mol. The van der Waals surface area contributed by atoms with Crippen LogP contribution >= 0.6 is 36.2 Å². The van der Waals surface area contributed by atoms with Gasteiger partial charge in [-0.2, -0.15) is 0 Å². The van der Waals surface area contributed by atoms with E-state index in [1.165, 1.54) is 11.8 Å². The van der Waals surface area contributed by atoms with Gasteiger partial charge in [0.1, 0.15) is 0 Å². The second-order valence-corrected chi connectivity index (χ2v) is 9.22. The Morgan fingerprint density at radius 1 is 1.24 bits per heavy atom. The molecule has 0 aliphatic carbocycles. The van der Waals surface area contributed by atoms with Gasteiger partial charge in [-0.15, -0.1) is 24.4 Å². The fourth-order valence-electron chi connectivity index (χ4n) is 0.961. The summed E-state index contributed by atoms with van der Waals surface area (Å²) in [7, 11) is 0. The molecule has 0 fully saturated rings. The summed E-state index contributed by atoms with van der Waals surface area (Å²) in [6, 6.07) is 0. The summed E-state index contributed by atoms with van der Waals surface area (Å²) in [6.45, 7) is 19.2. The fraction of sp³-hybridized carbons (Fsp3) is 0.692. The van der Waals surface area contributed by atoms with E-state index in [0.717, 1.165) is 14.9 Å². The van der Waals surface area contributed by atoms with Crippen molar-refractivity contribution in [1.29, 1.82) is 0 Å². The molecule has 17 heavy (non-hydrogen) atoms. The second kappa shape index (κ2) is 7.17. The van der Waals surface area contributed by atoms with Crippen molar-refractivity contribution >= 4 is 36.2 Å². The maximum atomic E-state index is 5.94. The van der Waals surface area contributed by atoms with Gasteiger partial charge in [0.25, 0.3) is 0 Å². The molecular formula is C13H24OS3. The Morgan fingerprint density at radius 3 is 2.18 bits per heavy atom. The number of hydrogen-bond acceptors (Lipinski definition) is 4. The molecule has 0 saturated carbocycles. The topological polar surface area (TPSA) is 9.23 Å². The zero-order valence-corrected chi connectivity index (χ0v) is 14.0. The van der Waals surface area contributed by atoms with Crippen molar-refractivity contribution < 1.29 is 4.74 Å². The predicted octanol–water partition coefficient (Wildman–Crippen LogP) is 5.31. The molecule has 0 saturated heterocycles. The van der Waals surface area contributed by atoms with Crippen molar-refractivity contribution in [3.63, 3.8) is 0 Å². The second-order valence-electron chi connectivity index (χ2n) is 5.13. The van der Waals surface area contributed by atoms with Crippen molar-refractivity contribution in [1.82, 2.24) is 0 Å². The number of ether oxygens (including phenoxy) is 1. The lowest BCUT2D eigenvalue weighted by Gasteiger charge is -2.31. The molecule has 0 aromatic rings. The molecule has 0 aromatic carbocycles. The van der Waals surface area contributed by atoms with Crippen LogP contribution in [0, 0.1) is 0 Å². The maximum absolute atomic E-state index is 5.94. The van der Waals surface area contributed by atoms with Crippen LogP contribution in [0.4, 0.5) is 0 Å². The molecule has 0 N–H and O–H groups in total. The first kappa shape index (κ1) is 17.5. The molecule has 0 amide bonds. The minimum Gasteiger partial charge on any atom is -0.374 e. The summed E-state index contributed by atoms with van der Waals surface area (Å²) in [4.78, 5) is 0. The van der Waals surface area contributed by atoms with Crippen molar-refractivity contribution in [3.8, 4) is 0 Å². The van der Waals surface area contributed by atoms with Crippen LogP contribution in [0.5, 0.6) is 0 Å². The first-order valence-electron chi connectivity index (χ1n) is 5.65. The SMILES string of the molecule is C=C(S)SC(=C)SC(C)(C)COC(C)(C)CC. The number of thiol groups is 1. The van der Waals surface area contributed by atoms with E-state index >= 15 is 0 Å². The monoisotopic (exact) mass is 292 g/mol. The van der Waals surface area contributed by atoms with Crippen molar-refractivity contribution in [3.05, 3.63) is 21.6 Å². The molecule has 0 radical (unpaired) electrons. The van der Waals surface area contributed by atoms with Crippen molar-refractivity contribution in [2.75, 3.05) is 6.61 Å². The Kier molecular flexibility index (Phi) is 7.38. The van der Waals surface area contributed by atoms with E-state index in [9.17, 15) is 0 Å². The highest BCUT2D eigenvalue weighted by Crippen LogP contribution is 2.41. The lowest BCUT2D eigenvalue weighted by atomic mass is 10.1. The van der Waals surface area contributed by atoms with Crippen LogP contribution in [0.25, 0.3) is 0 Å². The number of thioether (sulfide) groups is 2. The maximum Gasteiger partial charge on any atom is 0.0624 e. The average Bonchev–Trinajstić information content (AvgIpc) is 2.13. The highest BCUT2D eigenvalue weighted by molar-refractivity contribution is 8.28. The zero-order chi connectivity index (χ0) is 13.7. The summed E-state index contributed by atoms with van der Waals surface area (Å²) < 4.78 is 7.73. The first-order chi connectivity index (χ1) is 7.58. The summed E-state index contributed by atoms with van der Waals surface area (Å²) >= 11 is 7.38. The van der Waals surface area contributed by atoms with Gasteiger partial charge in [-0.05, 0) is 34.1 Å². The molecule has 0 atom stereocenters. The molecule has 0 aliphatic heterocycles. The third-order valence-electron chi connectivity index (χ3n) is 2.28. The average molecular weight is 293 g/mol. The molecule has 0 spiro atoms. The molecule has 1 nitrogen and oxygen atoms in total. The Labute approximate surface area is 120 Å². The smallest absolute Gasteiger partial charge is 0.0624 e. The van der Waals surface area contributed by atoms with E-state index in [4.69, 9.17) is 4.74 Å². The van der Waals surface area contributed by atoms with Gasteiger partial charge < -0.3 is 4.74 Å². The van der Waals surface area contributed by atoms with Crippen LogP contribution in [-0.2, 0) is 4.74 Å². The van der Waals surface area contributed by atoms with Gasteiger partial charge in [0.15, 0.2) is 0 Å². The van der Waals surface area contributed by atoms with Crippen LogP contribution < -0.4 is 0 Å². The van der Waals surface area contributed by atoms with E-state index < -0.39 is 0 Å². The minimum absolute atomic E-state index is 0.0136. The fourth-order valence-corrected chi connectivity index (χ4v) is 3.62. The number of hydrogen-bond donors (Lipinski definition) is 1. The highest BCUT2D eigenvalue weighted by atomic mass is 32.2. The van der Waals surface area contributed by atoms with Gasteiger partial charge in [0, 0.05) is 13.2 Å². The largest absolute Gasteiger partial charge is 0.374 e. The highest BCUT2D eigenvalue weighted by Gasteiger charge is 2.25. The van der Waals surface area contributed by atoms with E-state index in [-0.39, 0.29) is 10.3 Å².